The molecule has 0 aliphatic rings. The summed E-state index contributed by atoms with van der Waals surface area (Å²) in [5.74, 6) is 1.57. The number of fused-ring (bicyclic) bond motifs is 1. The van der Waals surface area contributed by atoms with E-state index in [1.54, 1.807) is 36.5 Å². The van der Waals surface area contributed by atoms with Crippen molar-refractivity contribution in [1.29, 1.82) is 0 Å². The van der Waals surface area contributed by atoms with E-state index in [9.17, 15) is 10.2 Å². The molecule has 2 aromatic heterocycles. The Bertz CT molecular complexity index is 1090. The third-order valence-corrected chi connectivity index (χ3v) is 4.89. The lowest BCUT2D eigenvalue weighted by molar-refractivity contribution is 0.473. The summed E-state index contributed by atoms with van der Waals surface area (Å²) in [6, 6.07) is 17.7. The number of rotatable bonds is 6. The van der Waals surface area contributed by atoms with Gasteiger partial charge in [0, 0.05) is 6.20 Å². The van der Waals surface area contributed by atoms with Crippen LogP contribution in [-0.4, -0.2) is 25.2 Å². The van der Waals surface area contributed by atoms with Gasteiger partial charge in [0.15, 0.2) is 17.3 Å². The van der Waals surface area contributed by atoms with E-state index in [0.717, 1.165) is 11.1 Å². The molecule has 7 heteroatoms. The zero-order chi connectivity index (χ0) is 21.1. The Labute approximate surface area is 174 Å². The lowest BCUT2D eigenvalue weighted by Gasteiger charge is -2.21. The fraction of sp³-hybridized carbons (Fsp3) is 0.174. The topological polar surface area (TPSA) is 103 Å². The van der Waals surface area contributed by atoms with Crippen LogP contribution in [0.3, 0.4) is 0 Å². The molecule has 30 heavy (non-hydrogen) atoms. The first-order chi connectivity index (χ1) is 14.5. The monoisotopic (exact) mass is 401 g/mol. The Hall–Kier alpha value is -3.87. The Balaban J connectivity index is 1.68. The van der Waals surface area contributed by atoms with Crippen LogP contribution in [0.25, 0.3) is 11.2 Å². The van der Waals surface area contributed by atoms with Crippen molar-refractivity contribution in [3.05, 3.63) is 78.0 Å². The van der Waals surface area contributed by atoms with Crippen molar-refractivity contribution in [3.63, 3.8) is 0 Å². The summed E-state index contributed by atoms with van der Waals surface area (Å²) in [6.45, 7) is 3.98. The SMILES string of the molecule is C[C@H](Nc1nc2cccnc2nc1N[C@@H](C)c1cccc(O)c1)c1cccc(O)c1. The summed E-state index contributed by atoms with van der Waals surface area (Å²) in [6.07, 6.45) is 1.68. The quantitative estimate of drug-likeness (QED) is 0.368. The van der Waals surface area contributed by atoms with Gasteiger partial charge in [-0.3, -0.25) is 0 Å². The van der Waals surface area contributed by atoms with Crippen molar-refractivity contribution in [2.45, 2.75) is 25.9 Å². The number of hydrogen-bond donors (Lipinski definition) is 4. The number of phenolic OH excluding ortho intramolecular Hbond substituents is 2. The Morgan fingerprint density at radius 1 is 0.733 bits per heavy atom. The van der Waals surface area contributed by atoms with Gasteiger partial charge < -0.3 is 20.8 Å². The minimum Gasteiger partial charge on any atom is -0.508 e. The van der Waals surface area contributed by atoms with Crippen LogP contribution in [0.15, 0.2) is 66.9 Å². The van der Waals surface area contributed by atoms with Crippen molar-refractivity contribution in [2.24, 2.45) is 0 Å². The molecule has 0 aliphatic carbocycles. The van der Waals surface area contributed by atoms with Crippen LogP contribution in [0.4, 0.5) is 11.6 Å². The number of nitrogens with zero attached hydrogens (tertiary/aromatic N) is 3. The minimum atomic E-state index is -0.121. The van der Waals surface area contributed by atoms with Crippen LogP contribution in [0.2, 0.25) is 0 Å². The molecule has 0 amide bonds. The summed E-state index contributed by atoms with van der Waals surface area (Å²) in [5.41, 5.74) is 3.07. The van der Waals surface area contributed by atoms with Gasteiger partial charge in [-0.15, -0.1) is 0 Å². The van der Waals surface area contributed by atoms with E-state index >= 15 is 0 Å². The van der Waals surface area contributed by atoms with Gasteiger partial charge >= 0.3 is 0 Å². The molecular formula is C23H23N5O2. The van der Waals surface area contributed by atoms with Crippen LogP contribution in [0.1, 0.15) is 37.1 Å². The summed E-state index contributed by atoms with van der Waals surface area (Å²) >= 11 is 0. The highest BCUT2D eigenvalue weighted by Crippen LogP contribution is 2.29. The maximum atomic E-state index is 9.79. The number of hydrogen-bond acceptors (Lipinski definition) is 7. The summed E-state index contributed by atoms with van der Waals surface area (Å²) in [4.78, 5) is 13.7. The molecule has 4 N–H and O–H groups in total. The molecule has 4 aromatic rings. The van der Waals surface area contributed by atoms with Crippen LogP contribution in [0, 0.1) is 0 Å². The van der Waals surface area contributed by atoms with Crippen molar-refractivity contribution in [2.75, 3.05) is 10.6 Å². The third kappa shape index (κ3) is 4.25. The lowest BCUT2D eigenvalue weighted by atomic mass is 10.1. The molecule has 2 atom stereocenters. The first-order valence-corrected chi connectivity index (χ1v) is 9.73. The molecule has 4 rings (SSSR count). The highest BCUT2D eigenvalue weighted by Gasteiger charge is 2.16. The average molecular weight is 401 g/mol. The second-order valence-electron chi connectivity index (χ2n) is 7.19. The molecule has 0 fully saturated rings. The molecular weight excluding hydrogens is 378 g/mol. The fourth-order valence-corrected chi connectivity index (χ4v) is 3.26. The Kier molecular flexibility index (Phi) is 5.34. The number of anilines is 2. The highest BCUT2D eigenvalue weighted by atomic mass is 16.3. The van der Waals surface area contributed by atoms with E-state index < -0.39 is 0 Å². The zero-order valence-electron chi connectivity index (χ0n) is 16.7. The number of aromatic hydroxyl groups is 2. The number of aromatic nitrogens is 3. The van der Waals surface area contributed by atoms with E-state index in [-0.39, 0.29) is 23.6 Å². The molecule has 2 aromatic carbocycles. The fourth-order valence-electron chi connectivity index (χ4n) is 3.26. The smallest absolute Gasteiger partial charge is 0.180 e. The molecule has 0 saturated carbocycles. The van der Waals surface area contributed by atoms with Gasteiger partial charge in [-0.2, -0.15) is 0 Å². The minimum absolute atomic E-state index is 0.114. The van der Waals surface area contributed by atoms with E-state index in [1.807, 2.05) is 44.2 Å². The van der Waals surface area contributed by atoms with Gasteiger partial charge in [-0.1, -0.05) is 24.3 Å². The molecule has 0 unspecified atom stereocenters. The molecule has 7 nitrogen and oxygen atoms in total. The Morgan fingerprint density at radius 3 is 1.87 bits per heavy atom. The first-order valence-electron chi connectivity index (χ1n) is 9.73. The van der Waals surface area contributed by atoms with Gasteiger partial charge in [0.1, 0.15) is 17.0 Å². The molecule has 152 valence electrons. The average Bonchev–Trinajstić information content (AvgIpc) is 2.74. The zero-order valence-corrected chi connectivity index (χ0v) is 16.7. The van der Waals surface area contributed by atoms with Gasteiger partial charge in [0.25, 0.3) is 0 Å². The summed E-state index contributed by atoms with van der Waals surface area (Å²) in [7, 11) is 0. The van der Waals surface area contributed by atoms with Crippen molar-refractivity contribution in [3.8, 4) is 11.5 Å². The molecule has 0 aliphatic heterocycles. The second kappa shape index (κ2) is 8.24. The van der Waals surface area contributed by atoms with Gasteiger partial charge in [-0.05, 0) is 61.4 Å². The predicted octanol–water partition coefficient (Wildman–Crippen LogP) is 4.78. The van der Waals surface area contributed by atoms with Crippen LogP contribution in [0.5, 0.6) is 11.5 Å². The highest BCUT2D eigenvalue weighted by molar-refractivity contribution is 5.77. The second-order valence-corrected chi connectivity index (χ2v) is 7.19. The lowest BCUT2D eigenvalue weighted by Crippen LogP contribution is -2.14. The first kappa shape index (κ1) is 19.4. The molecule has 2 heterocycles. The summed E-state index contributed by atoms with van der Waals surface area (Å²) in [5, 5.41) is 26.4. The van der Waals surface area contributed by atoms with Gasteiger partial charge in [0.2, 0.25) is 0 Å². The van der Waals surface area contributed by atoms with Gasteiger partial charge in [0.05, 0.1) is 12.1 Å². The molecule has 0 radical (unpaired) electrons. The van der Waals surface area contributed by atoms with E-state index in [2.05, 4.69) is 20.6 Å². The molecule has 0 bridgehead atoms. The normalized spacial score (nSPS) is 13.0. The maximum absolute atomic E-state index is 9.79. The van der Waals surface area contributed by atoms with Crippen LogP contribution >= 0.6 is 0 Å². The number of pyridine rings is 1. The van der Waals surface area contributed by atoms with Crippen molar-refractivity contribution in [1.82, 2.24) is 15.0 Å². The summed E-state index contributed by atoms with van der Waals surface area (Å²) < 4.78 is 0. The standard InChI is InChI=1S/C23H23N5O2/c1-14(16-6-3-8-18(29)12-16)25-22-23(28-21-20(27-22)10-5-11-24-21)26-15(2)17-7-4-9-19(30)13-17/h3-15,29-30H,1-2H3,(H,25,27)(H,24,26,28)/t14-,15-/m0/s1. The van der Waals surface area contributed by atoms with Crippen LogP contribution < -0.4 is 10.6 Å². The largest absolute Gasteiger partial charge is 0.508 e. The van der Waals surface area contributed by atoms with E-state index in [4.69, 9.17) is 4.98 Å². The number of nitrogens with one attached hydrogen (secondary N) is 2. The third-order valence-electron chi connectivity index (χ3n) is 4.89. The Morgan fingerprint density at radius 2 is 1.30 bits per heavy atom. The number of phenols is 2. The predicted molar refractivity (Wildman–Crippen MR) is 118 cm³/mol. The van der Waals surface area contributed by atoms with E-state index in [1.165, 1.54) is 0 Å². The molecule has 0 saturated heterocycles. The maximum Gasteiger partial charge on any atom is 0.180 e. The van der Waals surface area contributed by atoms with Crippen molar-refractivity contribution >= 4 is 22.8 Å². The van der Waals surface area contributed by atoms with Crippen molar-refractivity contribution < 1.29 is 10.2 Å². The van der Waals surface area contributed by atoms with E-state index in [0.29, 0.717) is 22.8 Å². The van der Waals surface area contributed by atoms with Gasteiger partial charge in [-0.25, -0.2) is 15.0 Å². The number of benzene rings is 2. The van der Waals surface area contributed by atoms with Crippen LogP contribution in [-0.2, 0) is 0 Å². The molecule has 0 spiro atoms.